The van der Waals surface area contributed by atoms with Crippen molar-refractivity contribution in [3.05, 3.63) is 52.7 Å². The monoisotopic (exact) mass is 351 g/mol. The molecule has 1 amide bonds. The number of halogens is 3. The second-order valence-corrected chi connectivity index (χ2v) is 5.31. The van der Waals surface area contributed by atoms with Gasteiger partial charge in [0, 0.05) is 12.7 Å². The molecule has 0 bridgehead atoms. The number of nitrogens with zero attached hydrogens (tertiary/aromatic N) is 4. The maximum atomic E-state index is 12.5. The maximum absolute atomic E-state index is 12.5. The molecule has 0 aliphatic carbocycles. The van der Waals surface area contributed by atoms with Crippen LogP contribution in [0.2, 0.25) is 0 Å². The van der Waals surface area contributed by atoms with Crippen LogP contribution < -0.4 is 10.9 Å². The molecule has 3 rings (SSSR count). The van der Waals surface area contributed by atoms with Crippen molar-refractivity contribution in [1.29, 1.82) is 0 Å². The van der Waals surface area contributed by atoms with Crippen molar-refractivity contribution in [2.75, 3.05) is 5.32 Å². The van der Waals surface area contributed by atoms with Crippen molar-refractivity contribution >= 4 is 22.6 Å². The van der Waals surface area contributed by atoms with Gasteiger partial charge in [-0.3, -0.25) is 18.8 Å². The lowest BCUT2D eigenvalue weighted by atomic mass is 10.2. The van der Waals surface area contributed by atoms with E-state index in [9.17, 15) is 22.8 Å². The number of fused-ring (bicyclic) bond motifs is 1. The van der Waals surface area contributed by atoms with Gasteiger partial charge in [0.15, 0.2) is 5.65 Å². The highest BCUT2D eigenvalue weighted by molar-refractivity contribution is 5.90. The summed E-state index contributed by atoms with van der Waals surface area (Å²) in [6.07, 6.45) is -1.87. The molecule has 3 aromatic rings. The molecule has 1 aromatic carbocycles. The Labute approximate surface area is 138 Å². The van der Waals surface area contributed by atoms with Crippen LogP contribution in [0.5, 0.6) is 0 Å². The van der Waals surface area contributed by atoms with E-state index in [1.54, 1.807) is 7.05 Å². The summed E-state index contributed by atoms with van der Waals surface area (Å²) >= 11 is 0. The lowest BCUT2D eigenvalue weighted by molar-refractivity contribution is -0.137. The summed E-state index contributed by atoms with van der Waals surface area (Å²) in [4.78, 5) is 28.3. The number of aryl methyl sites for hydroxylation is 1. The topological polar surface area (TPSA) is 81.8 Å². The Morgan fingerprint density at radius 2 is 1.92 bits per heavy atom. The number of anilines is 1. The van der Waals surface area contributed by atoms with Gasteiger partial charge >= 0.3 is 6.18 Å². The molecule has 10 heteroatoms. The second kappa shape index (κ2) is 6.04. The quantitative estimate of drug-likeness (QED) is 0.780. The predicted octanol–water partition coefficient (Wildman–Crippen LogP) is 1.79. The fourth-order valence-corrected chi connectivity index (χ4v) is 2.28. The number of carbonyl (C=O) groups excluding carboxylic acids is 1. The van der Waals surface area contributed by atoms with Crippen molar-refractivity contribution in [2.24, 2.45) is 7.05 Å². The zero-order chi connectivity index (χ0) is 18.2. The standard InChI is InChI=1S/C15H12F3N5O2/c1-22-13-11(6-20-22)14(25)23(8-19-13)7-12(24)21-10-4-2-9(3-5-10)15(16,17)18/h2-6,8H,7H2,1H3,(H,21,24). The van der Waals surface area contributed by atoms with E-state index in [2.05, 4.69) is 15.4 Å². The summed E-state index contributed by atoms with van der Waals surface area (Å²) < 4.78 is 40.0. The highest BCUT2D eigenvalue weighted by Crippen LogP contribution is 2.29. The normalized spacial score (nSPS) is 11.7. The van der Waals surface area contributed by atoms with Gasteiger partial charge in [0.25, 0.3) is 5.56 Å². The molecule has 0 fully saturated rings. The average molecular weight is 351 g/mol. The van der Waals surface area contributed by atoms with Crippen molar-refractivity contribution in [3.63, 3.8) is 0 Å². The van der Waals surface area contributed by atoms with Crippen LogP contribution in [0.25, 0.3) is 11.0 Å². The van der Waals surface area contributed by atoms with Gasteiger partial charge in [0.05, 0.1) is 11.8 Å². The molecule has 0 saturated carbocycles. The fraction of sp³-hybridized carbons (Fsp3) is 0.200. The molecule has 0 aliphatic heterocycles. The zero-order valence-corrected chi connectivity index (χ0v) is 12.9. The molecule has 2 aromatic heterocycles. The van der Waals surface area contributed by atoms with Gasteiger partial charge in [0.2, 0.25) is 5.91 Å². The first-order chi connectivity index (χ1) is 11.8. The minimum Gasteiger partial charge on any atom is -0.325 e. The number of rotatable bonds is 3. The summed E-state index contributed by atoms with van der Waals surface area (Å²) in [6.45, 7) is -0.322. The molecule has 1 N–H and O–H groups in total. The summed E-state index contributed by atoms with van der Waals surface area (Å²) in [5.41, 5.74) is -0.653. The van der Waals surface area contributed by atoms with Gasteiger partial charge in [0.1, 0.15) is 18.3 Å². The van der Waals surface area contributed by atoms with Gasteiger partial charge in [-0.1, -0.05) is 0 Å². The van der Waals surface area contributed by atoms with Gasteiger partial charge in [-0.05, 0) is 24.3 Å². The van der Waals surface area contributed by atoms with Crippen LogP contribution in [0, 0.1) is 0 Å². The number of nitrogens with one attached hydrogen (secondary N) is 1. The molecule has 25 heavy (non-hydrogen) atoms. The Balaban J connectivity index is 1.75. The molecule has 2 heterocycles. The van der Waals surface area contributed by atoms with Gasteiger partial charge in [-0.25, -0.2) is 4.98 Å². The molecular formula is C15H12F3N5O2. The molecular weight excluding hydrogens is 339 g/mol. The SMILES string of the molecule is Cn1ncc2c(=O)n(CC(=O)Nc3ccc(C(F)(F)F)cc3)cnc21. The molecule has 130 valence electrons. The third-order valence-electron chi connectivity index (χ3n) is 3.53. The van der Waals surface area contributed by atoms with E-state index in [4.69, 9.17) is 0 Å². The number of carbonyl (C=O) groups is 1. The van der Waals surface area contributed by atoms with Crippen LogP contribution in [0.1, 0.15) is 5.56 Å². The van der Waals surface area contributed by atoms with Gasteiger partial charge in [-0.2, -0.15) is 18.3 Å². The molecule has 0 aliphatic rings. The third-order valence-corrected chi connectivity index (χ3v) is 3.53. The number of alkyl halides is 3. The van der Waals surface area contributed by atoms with Crippen molar-refractivity contribution in [3.8, 4) is 0 Å². The number of hydrogen-bond acceptors (Lipinski definition) is 4. The number of hydrogen-bond donors (Lipinski definition) is 1. The van der Waals surface area contributed by atoms with E-state index in [1.807, 2.05) is 0 Å². The van der Waals surface area contributed by atoms with Crippen molar-refractivity contribution < 1.29 is 18.0 Å². The van der Waals surface area contributed by atoms with E-state index in [1.165, 1.54) is 17.2 Å². The lowest BCUT2D eigenvalue weighted by Crippen LogP contribution is -2.27. The number of aromatic nitrogens is 4. The van der Waals surface area contributed by atoms with Crippen molar-refractivity contribution in [2.45, 2.75) is 12.7 Å². The van der Waals surface area contributed by atoms with Crippen LogP contribution in [0.3, 0.4) is 0 Å². The largest absolute Gasteiger partial charge is 0.416 e. The van der Waals surface area contributed by atoms with Crippen LogP contribution >= 0.6 is 0 Å². The minimum absolute atomic E-state index is 0.196. The van der Waals surface area contributed by atoms with Crippen LogP contribution in [0.15, 0.2) is 41.6 Å². The molecule has 0 saturated heterocycles. The van der Waals surface area contributed by atoms with Gasteiger partial charge < -0.3 is 5.32 Å². The first kappa shape index (κ1) is 16.7. The summed E-state index contributed by atoms with van der Waals surface area (Å²) in [5, 5.41) is 6.63. The Morgan fingerprint density at radius 3 is 2.56 bits per heavy atom. The maximum Gasteiger partial charge on any atom is 0.416 e. The van der Waals surface area contributed by atoms with E-state index in [0.29, 0.717) is 5.65 Å². The van der Waals surface area contributed by atoms with E-state index in [0.717, 1.165) is 28.8 Å². The fourth-order valence-electron chi connectivity index (χ4n) is 2.28. The van der Waals surface area contributed by atoms with Crippen LogP contribution in [-0.4, -0.2) is 25.2 Å². The summed E-state index contributed by atoms with van der Waals surface area (Å²) in [5.74, 6) is -0.563. The van der Waals surface area contributed by atoms with E-state index >= 15 is 0 Å². The zero-order valence-electron chi connectivity index (χ0n) is 12.9. The predicted molar refractivity (Wildman–Crippen MR) is 82.8 cm³/mol. The lowest BCUT2D eigenvalue weighted by Gasteiger charge is -2.09. The molecule has 0 unspecified atom stereocenters. The van der Waals surface area contributed by atoms with Crippen molar-refractivity contribution in [1.82, 2.24) is 19.3 Å². The molecule has 0 radical (unpaired) electrons. The van der Waals surface area contributed by atoms with E-state index in [-0.39, 0.29) is 17.6 Å². The summed E-state index contributed by atoms with van der Waals surface area (Å²) in [6, 6.07) is 4.02. The second-order valence-electron chi connectivity index (χ2n) is 5.31. The highest BCUT2D eigenvalue weighted by atomic mass is 19.4. The third kappa shape index (κ3) is 3.37. The van der Waals surface area contributed by atoms with Crippen LogP contribution in [0.4, 0.5) is 18.9 Å². The highest BCUT2D eigenvalue weighted by Gasteiger charge is 2.29. The van der Waals surface area contributed by atoms with Crippen LogP contribution in [-0.2, 0) is 24.6 Å². The Hall–Kier alpha value is -3.17. The van der Waals surface area contributed by atoms with E-state index < -0.39 is 23.2 Å². The Bertz CT molecular complexity index is 989. The number of amides is 1. The number of benzene rings is 1. The van der Waals surface area contributed by atoms with Gasteiger partial charge in [-0.15, -0.1) is 0 Å². The smallest absolute Gasteiger partial charge is 0.325 e. The first-order valence-electron chi connectivity index (χ1n) is 7.10. The Morgan fingerprint density at radius 1 is 1.24 bits per heavy atom. The first-order valence-corrected chi connectivity index (χ1v) is 7.10. The summed E-state index contributed by atoms with van der Waals surface area (Å²) in [7, 11) is 1.64. The Kier molecular flexibility index (Phi) is 4.03. The minimum atomic E-state index is -4.44. The molecule has 0 atom stereocenters. The molecule has 7 nitrogen and oxygen atoms in total. The average Bonchev–Trinajstić information content (AvgIpc) is 2.92. The molecule has 0 spiro atoms.